The quantitative estimate of drug-likeness (QED) is 0.183. The summed E-state index contributed by atoms with van der Waals surface area (Å²) in [5.41, 5.74) is 0. The van der Waals surface area contributed by atoms with E-state index >= 15 is 0 Å². The van der Waals surface area contributed by atoms with Gasteiger partial charge in [0, 0.05) is 6.54 Å². The molecule has 2 rings (SSSR count). The van der Waals surface area contributed by atoms with Crippen molar-refractivity contribution in [3.05, 3.63) is 48.5 Å². The van der Waals surface area contributed by atoms with Gasteiger partial charge in [-0.25, -0.2) is 24.1 Å². The first-order chi connectivity index (χ1) is 17.4. The van der Waals surface area contributed by atoms with Gasteiger partial charge in [0.05, 0.1) is 20.8 Å². The van der Waals surface area contributed by atoms with Crippen molar-refractivity contribution in [2.45, 2.75) is 32.2 Å². The van der Waals surface area contributed by atoms with Crippen molar-refractivity contribution in [2.24, 2.45) is 4.99 Å². The van der Waals surface area contributed by atoms with Crippen LogP contribution in [0.25, 0.3) is 0 Å². The van der Waals surface area contributed by atoms with Crippen LogP contribution in [0.2, 0.25) is 0 Å². The average Bonchev–Trinajstić information content (AvgIpc) is 2.88. The molecule has 0 saturated carbocycles. The Balaban J connectivity index is 2.15. The zero-order valence-corrected chi connectivity index (χ0v) is 20.3. The SMILES string of the molecule is CCOC(=O)C(CCCCN(C(=O)Oc1ccccc1OC)C(=O)Oc1ccccc1OC)N=C=O. The normalized spacial score (nSPS) is 10.9. The van der Waals surface area contributed by atoms with Crippen molar-refractivity contribution in [1.29, 1.82) is 0 Å². The number of aliphatic imine (C=N–C) groups is 1. The predicted octanol–water partition coefficient (Wildman–Crippen LogP) is 4.14. The van der Waals surface area contributed by atoms with Crippen molar-refractivity contribution < 1.29 is 42.9 Å². The van der Waals surface area contributed by atoms with Gasteiger partial charge in [-0.3, -0.25) is 0 Å². The number of esters is 1. The van der Waals surface area contributed by atoms with Gasteiger partial charge in [0.1, 0.15) is 0 Å². The van der Waals surface area contributed by atoms with Gasteiger partial charge in [0.15, 0.2) is 29.0 Å². The number of imide groups is 1. The minimum Gasteiger partial charge on any atom is -0.493 e. The molecule has 1 atom stereocenters. The number of ether oxygens (including phenoxy) is 5. The monoisotopic (exact) mass is 500 g/mol. The van der Waals surface area contributed by atoms with E-state index in [2.05, 4.69) is 4.99 Å². The maximum atomic E-state index is 13.0. The van der Waals surface area contributed by atoms with Crippen molar-refractivity contribution in [3.63, 3.8) is 0 Å². The second-order valence-corrected chi connectivity index (χ2v) is 7.17. The molecule has 0 N–H and O–H groups in total. The first-order valence-electron chi connectivity index (χ1n) is 11.2. The van der Waals surface area contributed by atoms with E-state index in [0.29, 0.717) is 17.9 Å². The van der Waals surface area contributed by atoms with E-state index in [1.165, 1.54) is 32.4 Å². The van der Waals surface area contributed by atoms with Crippen LogP contribution in [0.5, 0.6) is 23.0 Å². The standard InChI is InChI=1S/C25H28N2O9/c1-4-34-23(29)18(26-17-28)11-9-10-16-27(24(30)35-21-14-7-5-12-19(21)32-2)25(31)36-22-15-8-6-13-20(22)33-3/h5-8,12-15,18H,4,9-11,16H2,1-3H3. The van der Waals surface area contributed by atoms with Crippen LogP contribution in [0.1, 0.15) is 26.2 Å². The molecule has 0 saturated heterocycles. The van der Waals surface area contributed by atoms with Gasteiger partial charge in [0.2, 0.25) is 6.08 Å². The Labute approximate surface area is 208 Å². The minimum absolute atomic E-state index is 0.109. The molecule has 1 unspecified atom stereocenters. The molecule has 11 heteroatoms. The van der Waals surface area contributed by atoms with Gasteiger partial charge in [0.25, 0.3) is 0 Å². The van der Waals surface area contributed by atoms with E-state index in [1.807, 2.05) is 0 Å². The van der Waals surface area contributed by atoms with Crippen LogP contribution < -0.4 is 18.9 Å². The fraction of sp³-hybridized carbons (Fsp3) is 0.360. The minimum atomic E-state index is -1.02. The molecule has 0 aliphatic rings. The highest BCUT2D eigenvalue weighted by Gasteiger charge is 2.27. The number of hydrogen-bond donors (Lipinski definition) is 0. The largest absolute Gasteiger partial charge is 0.493 e. The Kier molecular flexibility index (Phi) is 11.5. The van der Waals surface area contributed by atoms with Crippen molar-refractivity contribution >= 4 is 24.2 Å². The molecular formula is C25H28N2O9. The fourth-order valence-corrected chi connectivity index (χ4v) is 3.11. The molecule has 11 nitrogen and oxygen atoms in total. The van der Waals surface area contributed by atoms with Crippen LogP contribution in [0.3, 0.4) is 0 Å². The number of unbranched alkanes of at least 4 members (excludes halogenated alkanes) is 1. The predicted molar refractivity (Wildman–Crippen MR) is 127 cm³/mol. The number of methoxy groups -OCH3 is 2. The van der Waals surface area contributed by atoms with Crippen LogP contribution in [0.15, 0.2) is 53.5 Å². The Morgan fingerprint density at radius 3 is 1.81 bits per heavy atom. The zero-order chi connectivity index (χ0) is 26.3. The van der Waals surface area contributed by atoms with Gasteiger partial charge < -0.3 is 23.7 Å². The molecule has 0 fully saturated rings. The summed E-state index contributed by atoms with van der Waals surface area (Å²) in [6.45, 7) is 1.67. The van der Waals surface area contributed by atoms with Crippen molar-refractivity contribution in [2.75, 3.05) is 27.4 Å². The molecule has 0 aliphatic heterocycles. The summed E-state index contributed by atoms with van der Waals surface area (Å²) in [6.07, 6.45) is 0.117. The molecule has 0 aromatic heterocycles. The van der Waals surface area contributed by atoms with Gasteiger partial charge in [-0.2, -0.15) is 4.99 Å². The number of para-hydroxylation sites is 4. The Morgan fingerprint density at radius 1 is 0.861 bits per heavy atom. The molecule has 0 radical (unpaired) electrons. The smallest absolute Gasteiger partial charge is 0.424 e. The van der Waals surface area contributed by atoms with Gasteiger partial charge in [-0.05, 0) is 50.5 Å². The van der Waals surface area contributed by atoms with E-state index in [9.17, 15) is 19.2 Å². The number of rotatable bonds is 12. The molecule has 192 valence electrons. The van der Waals surface area contributed by atoms with E-state index in [-0.39, 0.29) is 37.5 Å². The summed E-state index contributed by atoms with van der Waals surface area (Å²) in [6, 6.07) is 11.9. The third-order valence-electron chi connectivity index (χ3n) is 4.85. The van der Waals surface area contributed by atoms with Gasteiger partial charge in [-0.15, -0.1) is 0 Å². The van der Waals surface area contributed by atoms with Crippen LogP contribution in [-0.2, 0) is 14.3 Å². The molecule has 2 aromatic rings. The number of isocyanates is 1. The molecule has 2 amide bonds. The van der Waals surface area contributed by atoms with E-state index < -0.39 is 24.2 Å². The number of hydrogen-bond acceptors (Lipinski definition) is 10. The maximum absolute atomic E-state index is 13.0. The van der Waals surface area contributed by atoms with Gasteiger partial charge in [-0.1, -0.05) is 24.3 Å². The third-order valence-corrected chi connectivity index (χ3v) is 4.85. The molecule has 36 heavy (non-hydrogen) atoms. The average molecular weight is 501 g/mol. The van der Waals surface area contributed by atoms with Crippen LogP contribution >= 0.6 is 0 Å². The number of nitrogens with zero attached hydrogens (tertiary/aromatic N) is 2. The Hall–Kier alpha value is -4.37. The Bertz CT molecular complexity index is 1020. The highest BCUT2D eigenvalue weighted by Crippen LogP contribution is 2.28. The molecule has 0 spiro atoms. The van der Waals surface area contributed by atoms with E-state index in [1.54, 1.807) is 43.3 Å². The zero-order valence-electron chi connectivity index (χ0n) is 20.3. The second-order valence-electron chi connectivity index (χ2n) is 7.17. The summed E-state index contributed by atoms with van der Waals surface area (Å²) in [5, 5.41) is 0. The lowest BCUT2D eigenvalue weighted by Gasteiger charge is -2.21. The van der Waals surface area contributed by atoms with Crippen LogP contribution in [0.4, 0.5) is 9.59 Å². The Morgan fingerprint density at radius 2 is 1.36 bits per heavy atom. The highest BCUT2D eigenvalue weighted by atomic mass is 16.6. The van der Waals surface area contributed by atoms with Crippen molar-refractivity contribution in [1.82, 2.24) is 4.90 Å². The maximum Gasteiger partial charge on any atom is 0.424 e. The molecule has 2 aromatic carbocycles. The lowest BCUT2D eigenvalue weighted by Crippen LogP contribution is -2.41. The number of carbonyl (C=O) groups excluding carboxylic acids is 4. The van der Waals surface area contributed by atoms with Crippen molar-refractivity contribution in [3.8, 4) is 23.0 Å². The fourth-order valence-electron chi connectivity index (χ4n) is 3.11. The second kappa shape index (κ2) is 14.8. The number of carbonyl (C=O) groups is 3. The van der Waals surface area contributed by atoms with Gasteiger partial charge >= 0.3 is 18.2 Å². The van der Waals surface area contributed by atoms with Crippen LogP contribution in [0, 0.1) is 0 Å². The molecule has 0 heterocycles. The lowest BCUT2D eigenvalue weighted by molar-refractivity contribution is -0.144. The summed E-state index contributed by atoms with van der Waals surface area (Å²) in [7, 11) is 2.84. The summed E-state index contributed by atoms with van der Waals surface area (Å²) in [5.74, 6) is 0.176. The first-order valence-corrected chi connectivity index (χ1v) is 11.2. The summed E-state index contributed by atoms with van der Waals surface area (Å²) < 4.78 is 26.0. The third kappa shape index (κ3) is 8.14. The first kappa shape index (κ1) is 27.9. The molecule has 0 bridgehead atoms. The summed E-state index contributed by atoms with van der Waals surface area (Å²) in [4.78, 5) is 52.8. The summed E-state index contributed by atoms with van der Waals surface area (Å²) >= 11 is 0. The van der Waals surface area contributed by atoms with E-state index in [4.69, 9.17) is 23.7 Å². The number of amides is 2. The van der Waals surface area contributed by atoms with Crippen LogP contribution in [-0.4, -0.2) is 62.5 Å². The van der Waals surface area contributed by atoms with E-state index in [0.717, 1.165) is 4.90 Å². The topological polar surface area (TPSA) is 130 Å². The molecular weight excluding hydrogens is 472 g/mol. The number of benzene rings is 2. The lowest BCUT2D eigenvalue weighted by atomic mass is 10.1. The highest BCUT2D eigenvalue weighted by molar-refractivity contribution is 5.90. The molecule has 0 aliphatic carbocycles.